The third-order valence-corrected chi connectivity index (χ3v) is 5.44. The van der Waals surface area contributed by atoms with Crippen molar-refractivity contribution in [2.24, 2.45) is 0 Å². The van der Waals surface area contributed by atoms with E-state index < -0.39 is 0 Å². The van der Waals surface area contributed by atoms with Crippen LogP contribution in [0.2, 0.25) is 0 Å². The summed E-state index contributed by atoms with van der Waals surface area (Å²) in [4.78, 5) is 9.24. The van der Waals surface area contributed by atoms with Gasteiger partial charge < -0.3 is 20.4 Å². The Balaban J connectivity index is 1.32. The van der Waals surface area contributed by atoms with Crippen molar-refractivity contribution in [1.82, 2.24) is 19.5 Å². The van der Waals surface area contributed by atoms with E-state index in [0.29, 0.717) is 5.95 Å². The van der Waals surface area contributed by atoms with E-state index in [-0.39, 0.29) is 0 Å². The first-order valence-electron chi connectivity index (χ1n) is 10.2. The monoisotopic (exact) mass is 399 g/mol. The van der Waals surface area contributed by atoms with Gasteiger partial charge in [0.15, 0.2) is 0 Å². The summed E-state index contributed by atoms with van der Waals surface area (Å²) < 4.78 is 1.86. The summed E-state index contributed by atoms with van der Waals surface area (Å²) in [6.45, 7) is 4.33. The number of anilines is 5. The quantitative estimate of drug-likeness (QED) is 0.530. The molecule has 1 saturated heterocycles. The third-order valence-electron chi connectivity index (χ3n) is 5.44. The molecule has 0 atom stereocenters. The minimum atomic E-state index is 0.558. The van der Waals surface area contributed by atoms with E-state index in [0.717, 1.165) is 48.9 Å². The predicted molar refractivity (Wildman–Crippen MR) is 122 cm³/mol. The molecular formula is C23H25N7. The molecule has 0 aliphatic carbocycles. The fraction of sp³-hybridized carbons (Fsp3) is 0.217. The molecule has 2 aromatic carbocycles. The average Bonchev–Trinajstić information content (AvgIpc) is 3.18. The molecule has 1 fully saturated rings. The number of benzene rings is 2. The Labute approximate surface area is 176 Å². The van der Waals surface area contributed by atoms with Gasteiger partial charge in [-0.25, -0.2) is 9.50 Å². The van der Waals surface area contributed by atoms with E-state index in [9.17, 15) is 0 Å². The minimum Gasteiger partial charge on any atom is -0.369 e. The number of piperazine rings is 1. The van der Waals surface area contributed by atoms with Crippen LogP contribution in [0.4, 0.5) is 28.8 Å². The Hall–Kier alpha value is -3.58. The van der Waals surface area contributed by atoms with Gasteiger partial charge in [-0.2, -0.15) is 0 Å². The van der Waals surface area contributed by atoms with Gasteiger partial charge >= 0.3 is 0 Å². The Bertz CT molecular complexity index is 1110. The van der Waals surface area contributed by atoms with Crippen LogP contribution in [0, 0.1) is 0 Å². The topological polar surface area (TPSA) is 60.7 Å². The SMILES string of the molecule is CN1CCN(c2ccc(Nc3ncc4ccc(Nc5ccccc5)n4n3)cc2)CC1. The third kappa shape index (κ3) is 3.92. The second-order valence-electron chi connectivity index (χ2n) is 7.59. The number of nitrogens with one attached hydrogen (secondary N) is 2. The smallest absolute Gasteiger partial charge is 0.245 e. The molecule has 4 aromatic rings. The lowest BCUT2D eigenvalue weighted by Crippen LogP contribution is -2.44. The number of fused-ring (bicyclic) bond motifs is 1. The number of hydrogen-bond donors (Lipinski definition) is 2. The van der Waals surface area contributed by atoms with Gasteiger partial charge in [0.25, 0.3) is 0 Å². The highest BCUT2D eigenvalue weighted by atomic mass is 15.3. The van der Waals surface area contributed by atoms with E-state index in [1.165, 1.54) is 5.69 Å². The number of likely N-dealkylation sites (N-methyl/N-ethyl adjacent to an activating group) is 1. The van der Waals surface area contributed by atoms with Gasteiger partial charge in [0.05, 0.1) is 11.7 Å². The Morgan fingerprint density at radius 3 is 2.27 bits per heavy atom. The molecule has 0 amide bonds. The predicted octanol–water partition coefficient (Wildman–Crippen LogP) is 3.97. The fourth-order valence-corrected chi connectivity index (χ4v) is 3.67. The van der Waals surface area contributed by atoms with Crippen LogP contribution in [0.5, 0.6) is 0 Å². The number of rotatable bonds is 5. The van der Waals surface area contributed by atoms with Crippen LogP contribution in [-0.2, 0) is 0 Å². The maximum Gasteiger partial charge on any atom is 0.245 e. The van der Waals surface area contributed by atoms with Gasteiger partial charge in [-0.05, 0) is 55.6 Å². The zero-order valence-corrected chi connectivity index (χ0v) is 17.0. The van der Waals surface area contributed by atoms with Gasteiger partial charge in [-0.15, -0.1) is 5.10 Å². The molecule has 5 rings (SSSR count). The molecule has 2 N–H and O–H groups in total. The molecule has 3 heterocycles. The van der Waals surface area contributed by atoms with Crippen LogP contribution in [0.3, 0.4) is 0 Å². The lowest BCUT2D eigenvalue weighted by molar-refractivity contribution is 0.313. The zero-order valence-electron chi connectivity index (χ0n) is 17.0. The summed E-state index contributed by atoms with van der Waals surface area (Å²) in [5.41, 5.74) is 4.18. The van der Waals surface area contributed by atoms with Crippen molar-refractivity contribution in [1.29, 1.82) is 0 Å². The van der Waals surface area contributed by atoms with Gasteiger partial charge in [0.1, 0.15) is 5.82 Å². The van der Waals surface area contributed by atoms with Crippen LogP contribution in [-0.4, -0.2) is 52.7 Å². The maximum atomic E-state index is 4.66. The van der Waals surface area contributed by atoms with Crippen molar-refractivity contribution in [2.45, 2.75) is 0 Å². The maximum absolute atomic E-state index is 4.66. The molecule has 1 aliphatic rings. The van der Waals surface area contributed by atoms with E-state index in [1.54, 1.807) is 0 Å². The van der Waals surface area contributed by atoms with Crippen molar-refractivity contribution in [3.63, 3.8) is 0 Å². The molecule has 1 aliphatic heterocycles. The first kappa shape index (κ1) is 18.4. The summed E-state index contributed by atoms with van der Waals surface area (Å²) in [7, 11) is 2.17. The lowest BCUT2D eigenvalue weighted by Gasteiger charge is -2.34. The second-order valence-corrected chi connectivity index (χ2v) is 7.59. The van der Waals surface area contributed by atoms with E-state index >= 15 is 0 Å². The number of hydrogen-bond acceptors (Lipinski definition) is 6. The first-order chi connectivity index (χ1) is 14.7. The van der Waals surface area contributed by atoms with E-state index in [4.69, 9.17) is 0 Å². The molecule has 0 unspecified atom stereocenters. The van der Waals surface area contributed by atoms with Crippen molar-refractivity contribution >= 4 is 34.3 Å². The molecule has 30 heavy (non-hydrogen) atoms. The molecule has 0 saturated carbocycles. The molecule has 152 valence electrons. The fourth-order valence-electron chi connectivity index (χ4n) is 3.67. The minimum absolute atomic E-state index is 0.558. The van der Waals surface area contributed by atoms with Crippen molar-refractivity contribution < 1.29 is 0 Å². The number of aromatic nitrogens is 3. The zero-order chi connectivity index (χ0) is 20.3. The summed E-state index contributed by atoms with van der Waals surface area (Å²) in [6.07, 6.45) is 1.82. The Morgan fingerprint density at radius 2 is 1.50 bits per heavy atom. The van der Waals surface area contributed by atoms with Gasteiger partial charge in [-0.3, -0.25) is 0 Å². The largest absolute Gasteiger partial charge is 0.369 e. The molecule has 7 heteroatoms. The highest BCUT2D eigenvalue weighted by Gasteiger charge is 2.14. The average molecular weight is 400 g/mol. The molecule has 0 spiro atoms. The summed E-state index contributed by atoms with van der Waals surface area (Å²) >= 11 is 0. The molecular weight excluding hydrogens is 374 g/mol. The summed E-state index contributed by atoms with van der Waals surface area (Å²) in [6, 6.07) is 22.6. The molecule has 0 bridgehead atoms. The highest BCUT2D eigenvalue weighted by Crippen LogP contribution is 2.22. The Morgan fingerprint density at radius 1 is 0.767 bits per heavy atom. The van der Waals surface area contributed by atoms with Crippen molar-refractivity contribution in [3.8, 4) is 0 Å². The van der Waals surface area contributed by atoms with E-state index in [2.05, 4.69) is 61.8 Å². The van der Waals surface area contributed by atoms with Crippen molar-refractivity contribution in [3.05, 3.63) is 72.9 Å². The molecule has 0 radical (unpaired) electrons. The summed E-state index contributed by atoms with van der Waals surface area (Å²) in [5, 5.41) is 11.4. The summed E-state index contributed by atoms with van der Waals surface area (Å²) in [5.74, 6) is 1.45. The lowest BCUT2D eigenvalue weighted by atomic mass is 10.2. The number of nitrogens with zero attached hydrogens (tertiary/aromatic N) is 5. The van der Waals surface area contributed by atoms with Crippen LogP contribution >= 0.6 is 0 Å². The standard InChI is InChI=1S/C23H25N7/c1-28-13-15-29(16-14-28)20-9-7-19(8-10-20)26-23-24-17-21-11-12-22(30(21)27-23)25-18-5-3-2-4-6-18/h2-12,17,25H,13-16H2,1H3,(H,26,27). The second kappa shape index (κ2) is 8.04. The first-order valence-corrected chi connectivity index (χ1v) is 10.2. The van der Waals surface area contributed by atoms with Crippen LogP contribution < -0.4 is 15.5 Å². The highest BCUT2D eigenvalue weighted by molar-refractivity contribution is 5.64. The van der Waals surface area contributed by atoms with E-state index in [1.807, 2.05) is 53.2 Å². The Kier molecular flexibility index (Phi) is 4.94. The normalized spacial score (nSPS) is 14.8. The van der Waals surface area contributed by atoms with Crippen LogP contribution in [0.15, 0.2) is 72.9 Å². The van der Waals surface area contributed by atoms with Crippen LogP contribution in [0.25, 0.3) is 5.52 Å². The van der Waals surface area contributed by atoms with Crippen molar-refractivity contribution in [2.75, 3.05) is 48.8 Å². The molecule has 7 nitrogen and oxygen atoms in total. The van der Waals surface area contributed by atoms with Gasteiger partial charge in [-0.1, -0.05) is 18.2 Å². The van der Waals surface area contributed by atoms with Crippen LogP contribution in [0.1, 0.15) is 0 Å². The van der Waals surface area contributed by atoms with Gasteiger partial charge in [0.2, 0.25) is 5.95 Å². The number of para-hydroxylation sites is 1. The van der Waals surface area contributed by atoms with Gasteiger partial charge in [0, 0.05) is 43.2 Å². The molecule has 2 aromatic heterocycles.